The number of likely N-dealkylation sites (N-methyl/N-ethyl adjacent to an activating group) is 1. The summed E-state index contributed by atoms with van der Waals surface area (Å²) in [6.45, 7) is 0.00556. The summed E-state index contributed by atoms with van der Waals surface area (Å²) in [5.41, 5.74) is 4.60. The molecule has 31 heavy (non-hydrogen) atoms. The summed E-state index contributed by atoms with van der Waals surface area (Å²) >= 11 is 0. The quantitative estimate of drug-likeness (QED) is 0.827. The zero-order valence-electron chi connectivity index (χ0n) is 17.9. The number of rotatable bonds is 4. The Hall–Kier alpha value is -2.93. The van der Waals surface area contributed by atoms with Crippen LogP contribution in [0.3, 0.4) is 0 Å². The summed E-state index contributed by atoms with van der Waals surface area (Å²) < 4.78 is 0. The van der Waals surface area contributed by atoms with Crippen molar-refractivity contribution in [2.75, 3.05) is 13.6 Å². The van der Waals surface area contributed by atoms with Gasteiger partial charge in [0.1, 0.15) is 18.9 Å². The van der Waals surface area contributed by atoms with Gasteiger partial charge < -0.3 is 4.90 Å². The van der Waals surface area contributed by atoms with Crippen molar-refractivity contribution in [2.24, 2.45) is 5.10 Å². The van der Waals surface area contributed by atoms with Crippen LogP contribution in [0.1, 0.15) is 50.1 Å². The molecule has 2 fully saturated rings. The molecule has 3 aliphatic rings. The average Bonchev–Trinajstić information content (AvgIpc) is 3.25. The van der Waals surface area contributed by atoms with Gasteiger partial charge in [0.05, 0.1) is 6.04 Å². The molecule has 1 N–H and O–H groups in total. The second kappa shape index (κ2) is 8.30. The van der Waals surface area contributed by atoms with Gasteiger partial charge >= 0.3 is 0 Å². The molecule has 1 saturated heterocycles. The van der Waals surface area contributed by atoms with Gasteiger partial charge in [-0.15, -0.1) is 0 Å². The summed E-state index contributed by atoms with van der Waals surface area (Å²) in [7, 11) is 1.86. The van der Waals surface area contributed by atoms with E-state index in [1.165, 1.54) is 40.6 Å². The number of benzene rings is 2. The van der Waals surface area contributed by atoms with Crippen LogP contribution in [-0.4, -0.2) is 58.7 Å². The Kier molecular flexibility index (Phi) is 5.36. The Morgan fingerprint density at radius 3 is 2.74 bits per heavy atom. The van der Waals surface area contributed by atoms with E-state index in [1.54, 1.807) is 11.3 Å². The summed E-state index contributed by atoms with van der Waals surface area (Å²) in [6.07, 6.45) is 7.96. The van der Waals surface area contributed by atoms with Gasteiger partial charge in [-0.1, -0.05) is 61.7 Å². The summed E-state index contributed by atoms with van der Waals surface area (Å²) in [5.74, 6) is -0.162. The SMILES string of the molecule is CN(C(=O)CN1N=CN2NC(c3cccc4ccccc34)CC2C1=O)C1CCCCC1. The van der Waals surface area contributed by atoms with Crippen molar-refractivity contribution in [3.63, 3.8) is 0 Å². The van der Waals surface area contributed by atoms with E-state index in [2.05, 4.69) is 40.9 Å². The minimum absolute atomic E-state index is 0.00556. The van der Waals surface area contributed by atoms with E-state index in [-0.39, 0.29) is 36.5 Å². The Labute approximate surface area is 182 Å². The van der Waals surface area contributed by atoms with Crippen LogP contribution >= 0.6 is 0 Å². The third-order valence-corrected chi connectivity index (χ3v) is 6.95. The average molecular weight is 420 g/mol. The van der Waals surface area contributed by atoms with Gasteiger partial charge in [-0.25, -0.2) is 10.4 Å². The zero-order chi connectivity index (χ0) is 21.4. The molecule has 2 aromatic rings. The van der Waals surface area contributed by atoms with Gasteiger partial charge in [0.2, 0.25) is 5.91 Å². The molecule has 5 rings (SSSR count). The van der Waals surface area contributed by atoms with Crippen molar-refractivity contribution in [2.45, 2.75) is 56.7 Å². The highest BCUT2D eigenvalue weighted by atomic mass is 16.2. The van der Waals surface area contributed by atoms with Crippen molar-refractivity contribution in [3.8, 4) is 0 Å². The molecule has 2 amide bonds. The lowest BCUT2D eigenvalue weighted by molar-refractivity contribution is -0.144. The van der Waals surface area contributed by atoms with Crippen molar-refractivity contribution >= 4 is 28.9 Å². The number of nitrogens with one attached hydrogen (secondary N) is 1. The highest BCUT2D eigenvalue weighted by Crippen LogP contribution is 2.33. The Morgan fingerprint density at radius 2 is 1.90 bits per heavy atom. The first-order valence-electron chi connectivity index (χ1n) is 11.2. The Balaban J connectivity index is 1.28. The van der Waals surface area contributed by atoms with Crippen LogP contribution in [0.5, 0.6) is 0 Å². The maximum atomic E-state index is 13.1. The maximum Gasteiger partial charge on any atom is 0.267 e. The van der Waals surface area contributed by atoms with E-state index in [0.29, 0.717) is 6.42 Å². The van der Waals surface area contributed by atoms with Crippen LogP contribution in [0.15, 0.2) is 47.6 Å². The molecule has 7 heteroatoms. The van der Waals surface area contributed by atoms with Crippen LogP contribution in [0.25, 0.3) is 10.8 Å². The second-order valence-corrected chi connectivity index (χ2v) is 8.83. The Bertz CT molecular complexity index is 1010. The molecule has 2 atom stereocenters. The van der Waals surface area contributed by atoms with Crippen molar-refractivity contribution in [3.05, 3.63) is 48.0 Å². The minimum Gasteiger partial charge on any atom is -0.341 e. The number of hydrogen-bond acceptors (Lipinski definition) is 5. The predicted molar refractivity (Wildman–Crippen MR) is 120 cm³/mol. The minimum atomic E-state index is -0.353. The standard InChI is InChI=1S/C24H29N5O2/c1-27(18-10-3-2-4-11-18)23(30)15-28-24(31)22-14-21(26-29(22)16-25-28)20-13-7-9-17-8-5-6-12-19(17)20/h5-9,12-13,16,18,21-22,26H,2-4,10-11,14-15H2,1H3. The fourth-order valence-electron chi connectivity index (χ4n) is 5.12. The topological polar surface area (TPSA) is 68.2 Å². The van der Waals surface area contributed by atoms with Crippen LogP contribution in [0, 0.1) is 0 Å². The molecule has 1 aliphatic carbocycles. The Morgan fingerprint density at radius 1 is 1.13 bits per heavy atom. The lowest BCUT2D eigenvalue weighted by Gasteiger charge is -2.34. The van der Waals surface area contributed by atoms with E-state index in [1.807, 2.05) is 24.1 Å². The van der Waals surface area contributed by atoms with E-state index in [4.69, 9.17) is 0 Å². The lowest BCUT2D eigenvalue weighted by atomic mass is 9.94. The second-order valence-electron chi connectivity index (χ2n) is 8.83. The molecule has 0 spiro atoms. The number of hydrogen-bond donors (Lipinski definition) is 1. The van der Waals surface area contributed by atoms with E-state index in [0.717, 1.165) is 12.8 Å². The number of hydrazine groups is 1. The fraction of sp³-hybridized carbons (Fsp3) is 0.458. The van der Waals surface area contributed by atoms with Gasteiger partial charge in [-0.2, -0.15) is 5.10 Å². The summed E-state index contributed by atoms with van der Waals surface area (Å²) in [4.78, 5) is 27.8. The molecule has 0 bridgehead atoms. The van der Waals surface area contributed by atoms with Crippen LogP contribution < -0.4 is 5.43 Å². The molecule has 2 aliphatic heterocycles. The van der Waals surface area contributed by atoms with Crippen LogP contribution in [0.4, 0.5) is 0 Å². The van der Waals surface area contributed by atoms with E-state index in [9.17, 15) is 9.59 Å². The smallest absolute Gasteiger partial charge is 0.267 e. The molecule has 0 radical (unpaired) electrons. The monoisotopic (exact) mass is 419 g/mol. The van der Waals surface area contributed by atoms with Crippen molar-refractivity contribution < 1.29 is 9.59 Å². The van der Waals surface area contributed by atoms with Gasteiger partial charge in [0.25, 0.3) is 5.91 Å². The molecule has 2 unspecified atom stereocenters. The molecule has 7 nitrogen and oxygen atoms in total. The molecule has 1 saturated carbocycles. The normalized spacial score (nSPS) is 24.0. The number of nitrogens with zero attached hydrogens (tertiary/aromatic N) is 4. The highest BCUT2D eigenvalue weighted by molar-refractivity contribution is 5.91. The molecular formula is C24H29N5O2. The van der Waals surface area contributed by atoms with Gasteiger partial charge in [0, 0.05) is 13.1 Å². The third-order valence-electron chi connectivity index (χ3n) is 6.95. The number of fused-ring (bicyclic) bond motifs is 2. The van der Waals surface area contributed by atoms with E-state index < -0.39 is 0 Å². The van der Waals surface area contributed by atoms with Gasteiger partial charge in [0.15, 0.2) is 0 Å². The van der Waals surface area contributed by atoms with Gasteiger partial charge in [-0.3, -0.25) is 14.6 Å². The van der Waals surface area contributed by atoms with Crippen molar-refractivity contribution in [1.82, 2.24) is 20.3 Å². The lowest BCUT2D eigenvalue weighted by Crippen LogP contribution is -2.53. The first kappa shape index (κ1) is 20.0. The van der Waals surface area contributed by atoms with Crippen LogP contribution in [-0.2, 0) is 9.59 Å². The summed E-state index contributed by atoms with van der Waals surface area (Å²) in [5, 5.41) is 9.79. The first-order chi connectivity index (χ1) is 15.1. The van der Waals surface area contributed by atoms with Gasteiger partial charge in [-0.05, 0) is 35.6 Å². The van der Waals surface area contributed by atoms with E-state index >= 15 is 0 Å². The number of carbonyl (C=O) groups is 2. The molecular weight excluding hydrogens is 390 g/mol. The third kappa shape index (κ3) is 3.78. The number of hydrazone groups is 1. The summed E-state index contributed by atoms with van der Waals surface area (Å²) in [6, 6.07) is 14.5. The largest absolute Gasteiger partial charge is 0.341 e. The fourth-order valence-corrected chi connectivity index (χ4v) is 5.12. The molecule has 0 aromatic heterocycles. The maximum absolute atomic E-state index is 13.1. The first-order valence-corrected chi connectivity index (χ1v) is 11.2. The number of amides is 2. The molecule has 2 aromatic carbocycles. The zero-order valence-corrected chi connectivity index (χ0v) is 17.9. The van der Waals surface area contributed by atoms with Crippen LogP contribution in [0.2, 0.25) is 0 Å². The highest BCUT2D eigenvalue weighted by Gasteiger charge is 2.42. The van der Waals surface area contributed by atoms with Crippen molar-refractivity contribution in [1.29, 1.82) is 0 Å². The molecule has 2 heterocycles. The number of carbonyl (C=O) groups excluding carboxylic acids is 2. The molecule has 162 valence electrons. The predicted octanol–water partition coefficient (Wildman–Crippen LogP) is 3.04.